The van der Waals surface area contributed by atoms with Crippen LogP contribution in [0.25, 0.3) is 0 Å². The van der Waals surface area contributed by atoms with Crippen molar-refractivity contribution in [2.75, 3.05) is 26.9 Å². The second-order valence-electron chi connectivity index (χ2n) is 3.81. The smallest absolute Gasteiger partial charge is 0.148 e. The third-order valence-electron chi connectivity index (χ3n) is 1.83. The largest absolute Gasteiger partial charge is 1.00 e. The Morgan fingerprint density at radius 1 is 1.14 bits per heavy atom. The van der Waals surface area contributed by atoms with Crippen molar-refractivity contribution in [3.63, 3.8) is 0 Å². The van der Waals surface area contributed by atoms with Gasteiger partial charge < -0.3 is 18.1 Å². The van der Waals surface area contributed by atoms with E-state index in [1.807, 2.05) is 6.07 Å². The summed E-state index contributed by atoms with van der Waals surface area (Å²) in [5.41, 5.74) is 7.80. The fraction of sp³-hybridized carbons (Fsp3) is 0.333. The van der Waals surface area contributed by atoms with Crippen LogP contribution in [0.4, 0.5) is 11.4 Å². The molecule has 0 heterocycles. The molecular formula is C9H13Br2ClN2. The number of rotatable bonds is 1. The molecule has 80 valence electrons. The lowest BCUT2D eigenvalue weighted by atomic mass is 10.2. The summed E-state index contributed by atoms with van der Waals surface area (Å²) in [4.78, 5) is 0. The number of halogens is 3. The Balaban J connectivity index is 0.00000169. The van der Waals surface area contributed by atoms with Crippen LogP contribution >= 0.6 is 31.9 Å². The molecule has 0 aliphatic rings. The van der Waals surface area contributed by atoms with Gasteiger partial charge in [-0.15, -0.1) is 0 Å². The zero-order chi connectivity index (χ0) is 10.2. The van der Waals surface area contributed by atoms with Gasteiger partial charge in [0.2, 0.25) is 0 Å². The SMILES string of the molecule is C[N+](C)(C)c1ccc(Br)c(N)c1Br.[Cl-]. The second-order valence-corrected chi connectivity index (χ2v) is 5.45. The molecule has 5 heteroatoms. The van der Waals surface area contributed by atoms with E-state index in [0.717, 1.165) is 19.1 Å². The first-order valence-electron chi connectivity index (χ1n) is 3.89. The van der Waals surface area contributed by atoms with E-state index in [9.17, 15) is 0 Å². The fourth-order valence-corrected chi connectivity index (χ4v) is 2.55. The van der Waals surface area contributed by atoms with E-state index in [4.69, 9.17) is 5.73 Å². The Bertz CT molecular complexity index is 334. The van der Waals surface area contributed by atoms with E-state index >= 15 is 0 Å². The van der Waals surface area contributed by atoms with E-state index in [0.29, 0.717) is 0 Å². The lowest BCUT2D eigenvalue weighted by molar-refractivity contribution is -0.00000275. The number of nitrogen functional groups attached to an aromatic ring is 1. The zero-order valence-electron chi connectivity index (χ0n) is 8.31. The highest BCUT2D eigenvalue weighted by Gasteiger charge is 2.18. The van der Waals surface area contributed by atoms with Crippen molar-refractivity contribution in [1.29, 1.82) is 0 Å². The molecule has 0 saturated carbocycles. The maximum absolute atomic E-state index is 5.88. The summed E-state index contributed by atoms with van der Waals surface area (Å²) >= 11 is 6.88. The molecule has 0 aliphatic carbocycles. The van der Waals surface area contributed by atoms with E-state index in [1.165, 1.54) is 5.69 Å². The Labute approximate surface area is 108 Å². The van der Waals surface area contributed by atoms with Crippen molar-refractivity contribution >= 4 is 43.2 Å². The van der Waals surface area contributed by atoms with Crippen molar-refractivity contribution in [3.8, 4) is 0 Å². The van der Waals surface area contributed by atoms with Crippen LogP contribution in [0.5, 0.6) is 0 Å². The first-order valence-corrected chi connectivity index (χ1v) is 5.48. The molecular weight excluding hydrogens is 331 g/mol. The van der Waals surface area contributed by atoms with Gasteiger partial charge in [0, 0.05) is 10.5 Å². The van der Waals surface area contributed by atoms with Gasteiger partial charge in [-0.25, -0.2) is 0 Å². The molecule has 0 atom stereocenters. The van der Waals surface area contributed by atoms with Crippen LogP contribution in [0.15, 0.2) is 21.1 Å². The normalized spacial score (nSPS) is 10.9. The van der Waals surface area contributed by atoms with Gasteiger partial charge in [0.25, 0.3) is 0 Å². The fourth-order valence-electron chi connectivity index (χ4n) is 1.08. The molecule has 0 aromatic heterocycles. The summed E-state index contributed by atoms with van der Waals surface area (Å²) in [7, 11) is 6.31. The molecule has 0 aliphatic heterocycles. The molecule has 1 aromatic rings. The number of hydrogen-bond acceptors (Lipinski definition) is 1. The molecule has 0 amide bonds. The summed E-state index contributed by atoms with van der Waals surface area (Å²) in [5.74, 6) is 0. The van der Waals surface area contributed by atoms with Gasteiger partial charge in [-0.2, -0.15) is 0 Å². The van der Waals surface area contributed by atoms with E-state index < -0.39 is 0 Å². The van der Waals surface area contributed by atoms with Gasteiger partial charge in [-0.05, 0) is 37.9 Å². The number of quaternary nitrogens is 1. The predicted molar refractivity (Wildman–Crippen MR) is 65.8 cm³/mol. The van der Waals surface area contributed by atoms with Gasteiger partial charge >= 0.3 is 0 Å². The lowest BCUT2D eigenvalue weighted by Crippen LogP contribution is -3.00. The molecule has 1 rings (SSSR count). The lowest BCUT2D eigenvalue weighted by Gasteiger charge is -2.25. The average molecular weight is 344 g/mol. The maximum Gasteiger partial charge on any atom is 0.148 e. The first-order chi connectivity index (χ1) is 5.84. The van der Waals surface area contributed by atoms with Gasteiger partial charge in [-0.1, -0.05) is 0 Å². The van der Waals surface area contributed by atoms with Gasteiger partial charge in [0.1, 0.15) is 10.2 Å². The summed E-state index contributed by atoms with van der Waals surface area (Å²) in [6, 6.07) is 4.03. The molecule has 1 aromatic carbocycles. The highest BCUT2D eigenvalue weighted by atomic mass is 79.9. The van der Waals surface area contributed by atoms with Crippen LogP contribution in [-0.4, -0.2) is 21.1 Å². The maximum atomic E-state index is 5.88. The first kappa shape index (κ1) is 14.2. The highest BCUT2D eigenvalue weighted by Crippen LogP contribution is 2.37. The van der Waals surface area contributed by atoms with Crippen LogP contribution in [0.1, 0.15) is 0 Å². The van der Waals surface area contributed by atoms with Crippen molar-refractivity contribution in [1.82, 2.24) is 4.48 Å². The molecule has 0 spiro atoms. The molecule has 2 nitrogen and oxygen atoms in total. The number of benzene rings is 1. The molecule has 0 unspecified atom stereocenters. The molecule has 0 saturated heterocycles. The van der Waals surface area contributed by atoms with Crippen LogP contribution in [0.2, 0.25) is 0 Å². The Morgan fingerprint density at radius 3 is 2.07 bits per heavy atom. The van der Waals surface area contributed by atoms with Gasteiger partial charge in [0.15, 0.2) is 0 Å². The standard InChI is InChI=1S/C9H13Br2N2.ClH/c1-13(2,3)7-5-4-6(10)9(12)8(7)11;/h4-5H,12H2,1-3H3;1H/q+1;/p-1. The van der Waals surface area contributed by atoms with Crippen molar-refractivity contribution in [3.05, 3.63) is 21.1 Å². The molecule has 2 N–H and O–H groups in total. The van der Waals surface area contributed by atoms with Gasteiger partial charge in [-0.3, -0.25) is 4.48 Å². The Kier molecular flexibility index (Phi) is 4.91. The minimum atomic E-state index is 0. The monoisotopic (exact) mass is 342 g/mol. The molecule has 0 bridgehead atoms. The predicted octanol–water partition coefficient (Wildman–Crippen LogP) is -0.00550. The zero-order valence-corrected chi connectivity index (χ0v) is 12.2. The van der Waals surface area contributed by atoms with Crippen molar-refractivity contribution < 1.29 is 12.4 Å². The van der Waals surface area contributed by atoms with E-state index in [1.54, 1.807) is 0 Å². The molecule has 14 heavy (non-hydrogen) atoms. The minimum absolute atomic E-state index is 0. The topological polar surface area (TPSA) is 26.0 Å². The molecule has 0 fully saturated rings. The summed E-state index contributed by atoms with van der Waals surface area (Å²) in [6.45, 7) is 0. The number of anilines is 1. The molecule has 0 radical (unpaired) electrons. The number of nitrogens with zero attached hydrogens (tertiary/aromatic N) is 1. The summed E-state index contributed by atoms with van der Waals surface area (Å²) in [6.07, 6.45) is 0. The number of nitrogens with two attached hydrogens (primary N) is 1. The van der Waals surface area contributed by atoms with Crippen molar-refractivity contribution in [2.24, 2.45) is 0 Å². The third kappa shape index (κ3) is 2.86. The van der Waals surface area contributed by atoms with Crippen LogP contribution in [0.3, 0.4) is 0 Å². The third-order valence-corrected chi connectivity index (χ3v) is 3.35. The second kappa shape index (κ2) is 4.84. The highest BCUT2D eigenvalue weighted by molar-refractivity contribution is 9.11. The van der Waals surface area contributed by atoms with Crippen molar-refractivity contribution in [2.45, 2.75) is 0 Å². The Hall–Kier alpha value is 0.230. The summed E-state index contributed by atoms with van der Waals surface area (Å²) in [5, 5.41) is 0. The quantitative estimate of drug-likeness (QED) is 0.563. The van der Waals surface area contributed by atoms with E-state index in [2.05, 4.69) is 59.1 Å². The van der Waals surface area contributed by atoms with Crippen LogP contribution in [-0.2, 0) is 0 Å². The summed E-state index contributed by atoms with van der Waals surface area (Å²) < 4.78 is 2.64. The minimum Gasteiger partial charge on any atom is -1.00 e. The van der Waals surface area contributed by atoms with Crippen LogP contribution < -0.4 is 22.6 Å². The van der Waals surface area contributed by atoms with E-state index in [-0.39, 0.29) is 12.4 Å². The Morgan fingerprint density at radius 2 is 1.64 bits per heavy atom. The van der Waals surface area contributed by atoms with Crippen LogP contribution in [0, 0.1) is 0 Å². The number of hydrogen-bond donors (Lipinski definition) is 1. The van der Waals surface area contributed by atoms with Gasteiger partial charge in [0.05, 0.1) is 26.8 Å². The average Bonchev–Trinajstić information content (AvgIpc) is 1.98.